The molecule has 0 fully saturated rings. The Hall–Kier alpha value is -1.43. The van der Waals surface area contributed by atoms with Crippen LogP contribution in [0.5, 0.6) is 0 Å². The molecule has 0 aromatic carbocycles. The Bertz CT molecular complexity index is 439. The van der Waals surface area contributed by atoms with Gasteiger partial charge in [-0.2, -0.15) is 5.10 Å². The lowest BCUT2D eigenvalue weighted by Gasteiger charge is -2.29. The molecule has 0 radical (unpaired) electrons. The van der Waals surface area contributed by atoms with E-state index in [1.165, 1.54) is 4.68 Å². The number of H-pyrrole nitrogens is 1. The van der Waals surface area contributed by atoms with Crippen molar-refractivity contribution in [1.82, 2.24) is 19.7 Å². The molecule has 90 valence electrons. The van der Waals surface area contributed by atoms with Gasteiger partial charge in [-0.05, 0) is 27.7 Å². The fourth-order valence-electron chi connectivity index (χ4n) is 1.56. The van der Waals surface area contributed by atoms with E-state index in [4.69, 9.17) is 0 Å². The monoisotopic (exact) mass is 226 g/mol. The van der Waals surface area contributed by atoms with Crippen molar-refractivity contribution in [2.75, 3.05) is 0 Å². The zero-order valence-electron chi connectivity index (χ0n) is 10.1. The highest BCUT2D eigenvalue weighted by Gasteiger charge is 2.14. The van der Waals surface area contributed by atoms with Crippen molar-refractivity contribution in [2.24, 2.45) is 0 Å². The number of rotatable bonds is 4. The summed E-state index contributed by atoms with van der Waals surface area (Å²) < 4.78 is 1.25. The van der Waals surface area contributed by atoms with Gasteiger partial charge in [0.25, 0.3) is 5.56 Å². The number of nitrogens with zero attached hydrogens (tertiary/aromatic N) is 3. The minimum atomic E-state index is -0.473. The van der Waals surface area contributed by atoms with Gasteiger partial charge >= 0.3 is 5.69 Å². The third kappa shape index (κ3) is 3.03. The van der Waals surface area contributed by atoms with E-state index >= 15 is 0 Å². The maximum absolute atomic E-state index is 11.4. The molecule has 1 aromatic rings. The van der Waals surface area contributed by atoms with Crippen LogP contribution in [-0.2, 0) is 6.67 Å². The molecular weight excluding hydrogens is 208 g/mol. The fraction of sp³-hybridized carbons (Fsp3) is 0.700. The van der Waals surface area contributed by atoms with Crippen molar-refractivity contribution < 1.29 is 0 Å². The average Bonchev–Trinajstić information content (AvgIpc) is 2.15. The van der Waals surface area contributed by atoms with Gasteiger partial charge in [0.05, 0.1) is 6.67 Å². The normalized spacial score (nSPS) is 11.7. The Labute approximate surface area is 93.9 Å². The van der Waals surface area contributed by atoms with E-state index in [1.54, 1.807) is 0 Å². The summed E-state index contributed by atoms with van der Waals surface area (Å²) in [6.45, 7) is 8.59. The van der Waals surface area contributed by atoms with E-state index in [0.717, 1.165) is 6.20 Å². The molecule has 16 heavy (non-hydrogen) atoms. The van der Waals surface area contributed by atoms with Crippen LogP contribution < -0.4 is 11.2 Å². The van der Waals surface area contributed by atoms with E-state index in [-0.39, 0.29) is 0 Å². The lowest BCUT2D eigenvalue weighted by Crippen LogP contribution is -2.43. The van der Waals surface area contributed by atoms with Crippen LogP contribution in [0.15, 0.2) is 15.8 Å². The van der Waals surface area contributed by atoms with Gasteiger partial charge in [-0.25, -0.2) is 9.48 Å². The molecule has 6 nitrogen and oxygen atoms in total. The number of hydrogen-bond acceptors (Lipinski definition) is 4. The second-order valence-electron chi connectivity index (χ2n) is 4.28. The van der Waals surface area contributed by atoms with Gasteiger partial charge in [-0.3, -0.25) is 14.7 Å². The number of aromatic nitrogens is 3. The zero-order valence-corrected chi connectivity index (χ0v) is 10.1. The Morgan fingerprint density at radius 1 is 1.31 bits per heavy atom. The van der Waals surface area contributed by atoms with Gasteiger partial charge in [0.15, 0.2) is 0 Å². The van der Waals surface area contributed by atoms with E-state index in [1.807, 2.05) is 0 Å². The summed E-state index contributed by atoms with van der Waals surface area (Å²) in [6.07, 6.45) is 1.11. The highest BCUT2D eigenvalue weighted by molar-refractivity contribution is 4.71. The lowest BCUT2D eigenvalue weighted by molar-refractivity contribution is 0.119. The first-order chi connectivity index (χ1) is 7.41. The maximum atomic E-state index is 11.4. The second kappa shape index (κ2) is 5.07. The Kier molecular flexibility index (Phi) is 4.00. The lowest BCUT2D eigenvalue weighted by atomic mass is 10.2. The van der Waals surface area contributed by atoms with Crippen LogP contribution >= 0.6 is 0 Å². The molecule has 0 aliphatic rings. The average molecular weight is 226 g/mol. The smallest absolute Gasteiger partial charge is 0.279 e. The third-order valence-corrected chi connectivity index (χ3v) is 2.40. The molecule has 1 N–H and O–H groups in total. The fourth-order valence-corrected chi connectivity index (χ4v) is 1.56. The first-order valence-electron chi connectivity index (χ1n) is 5.34. The molecule has 0 saturated heterocycles. The Balaban J connectivity index is 2.94. The van der Waals surface area contributed by atoms with Gasteiger partial charge in [-0.1, -0.05) is 0 Å². The molecule has 0 aliphatic carbocycles. The molecule has 0 spiro atoms. The summed E-state index contributed by atoms with van der Waals surface area (Å²) in [5.74, 6) is 0. The summed E-state index contributed by atoms with van der Waals surface area (Å²) in [5, 5.41) is 3.80. The van der Waals surface area contributed by atoms with Crippen LogP contribution in [-0.4, -0.2) is 31.7 Å². The number of nitrogens with one attached hydrogen (secondary N) is 1. The predicted molar refractivity (Wildman–Crippen MR) is 61.2 cm³/mol. The predicted octanol–water partition coefficient (Wildman–Crippen LogP) is 0.00790. The quantitative estimate of drug-likeness (QED) is 0.785. The second-order valence-corrected chi connectivity index (χ2v) is 4.28. The summed E-state index contributed by atoms with van der Waals surface area (Å²) in [4.78, 5) is 26.6. The van der Waals surface area contributed by atoms with E-state index in [9.17, 15) is 9.59 Å². The number of aromatic amines is 1. The van der Waals surface area contributed by atoms with Crippen molar-refractivity contribution in [2.45, 2.75) is 46.4 Å². The maximum Gasteiger partial charge on any atom is 0.346 e. The Morgan fingerprint density at radius 3 is 2.31 bits per heavy atom. The SMILES string of the molecule is CC(C)N(Cn1ncc(=O)[nH]c1=O)C(C)C. The van der Waals surface area contributed by atoms with E-state index < -0.39 is 11.2 Å². The summed E-state index contributed by atoms with van der Waals surface area (Å²) in [5.41, 5.74) is -0.944. The van der Waals surface area contributed by atoms with Crippen molar-refractivity contribution in [3.63, 3.8) is 0 Å². The van der Waals surface area contributed by atoms with E-state index in [0.29, 0.717) is 18.8 Å². The Morgan fingerprint density at radius 2 is 1.88 bits per heavy atom. The largest absolute Gasteiger partial charge is 0.346 e. The molecule has 1 rings (SSSR count). The third-order valence-electron chi connectivity index (χ3n) is 2.40. The van der Waals surface area contributed by atoms with Crippen LogP contribution in [0.3, 0.4) is 0 Å². The highest BCUT2D eigenvalue weighted by Crippen LogP contribution is 2.04. The molecule has 0 saturated carbocycles. The van der Waals surface area contributed by atoms with E-state index in [2.05, 4.69) is 42.7 Å². The topological polar surface area (TPSA) is 71.0 Å². The molecule has 1 aromatic heterocycles. The highest BCUT2D eigenvalue weighted by atomic mass is 16.2. The van der Waals surface area contributed by atoms with Gasteiger partial charge < -0.3 is 0 Å². The first kappa shape index (κ1) is 12.6. The van der Waals surface area contributed by atoms with Crippen LogP contribution in [0.2, 0.25) is 0 Å². The minimum Gasteiger partial charge on any atom is -0.279 e. The number of hydrogen-bond donors (Lipinski definition) is 1. The molecule has 0 amide bonds. The van der Waals surface area contributed by atoms with Crippen molar-refractivity contribution >= 4 is 0 Å². The van der Waals surface area contributed by atoms with Crippen molar-refractivity contribution in [3.05, 3.63) is 27.0 Å². The van der Waals surface area contributed by atoms with Gasteiger partial charge in [0.2, 0.25) is 0 Å². The molecule has 0 bridgehead atoms. The molecule has 0 aliphatic heterocycles. The molecule has 0 atom stereocenters. The van der Waals surface area contributed by atoms with Crippen molar-refractivity contribution in [3.8, 4) is 0 Å². The van der Waals surface area contributed by atoms with Crippen LogP contribution in [0.4, 0.5) is 0 Å². The molecule has 0 unspecified atom stereocenters. The summed E-state index contributed by atoms with van der Waals surface area (Å²) in [6, 6.07) is 0.612. The molecule has 1 heterocycles. The summed E-state index contributed by atoms with van der Waals surface area (Å²) >= 11 is 0. The van der Waals surface area contributed by atoms with Gasteiger partial charge in [0, 0.05) is 12.1 Å². The summed E-state index contributed by atoms with van der Waals surface area (Å²) in [7, 11) is 0. The standard InChI is InChI=1S/C10H18N4O2/c1-7(2)13(8(3)4)6-14-10(16)12-9(15)5-11-14/h5,7-8H,6H2,1-4H3,(H,12,15,16). The molecular formula is C10H18N4O2. The van der Waals surface area contributed by atoms with Gasteiger partial charge in [0.1, 0.15) is 6.20 Å². The van der Waals surface area contributed by atoms with Crippen LogP contribution in [0.1, 0.15) is 27.7 Å². The van der Waals surface area contributed by atoms with Crippen LogP contribution in [0.25, 0.3) is 0 Å². The zero-order chi connectivity index (χ0) is 12.3. The first-order valence-corrected chi connectivity index (χ1v) is 5.34. The van der Waals surface area contributed by atoms with Crippen molar-refractivity contribution in [1.29, 1.82) is 0 Å². The molecule has 6 heteroatoms. The van der Waals surface area contributed by atoms with Gasteiger partial charge in [-0.15, -0.1) is 0 Å². The van der Waals surface area contributed by atoms with Crippen LogP contribution in [0, 0.1) is 0 Å². The minimum absolute atomic E-state index is 0.306.